The molecule has 1 amide bonds. The molecule has 0 saturated heterocycles. The van der Waals surface area contributed by atoms with E-state index in [0.29, 0.717) is 18.5 Å². The van der Waals surface area contributed by atoms with Gasteiger partial charge in [-0.15, -0.1) is 12.3 Å². The molecule has 2 aromatic rings. The lowest BCUT2D eigenvalue weighted by Gasteiger charge is -2.06. The van der Waals surface area contributed by atoms with Crippen LogP contribution in [0.5, 0.6) is 0 Å². The minimum absolute atomic E-state index is 0.0870. The monoisotopic (exact) mass is 263 g/mol. The maximum absolute atomic E-state index is 11.8. The Bertz CT molecular complexity index is 635. The van der Waals surface area contributed by atoms with Gasteiger partial charge in [0.15, 0.2) is 0 Å². The van der Waals surface area contributed by atoms with Crippen LogP contribution in [0.25, 0.3) is 11.1 Å². The number of benzene rings is 2. The number of aryl methyl sites for hydroxylation is 1. The van der Waals surface area contributed by atoms with Gasteiger partial charge in [0.05, 0.1) is 0 Å². The standard InChI is InChI=1S/C18H17NO/c1-3-4-12-19-18(20)16-10-8-15(9-11-16)17-7-5-6-14(2)13-17/h1,5-11,13H,4,12H2,2H3,(H,19,20). The van der Waals surface area contributed by atoms with E-state index < -0.39 is 0 Å². The number of terminal acetylenes is 1. The number of hydrogen-bond acceptors (Lipinski definition) is 1. The van der Waals surface area contributed by atoms with Crippen molar-refractivity contribution >= 4 is 5.91 Å². The molecule has 0 fully saturated rings. The molecule has 0 unspecified atom stereocenters. The quantitative estimate of drug-likeness (QED) is 0.664. The van der Waals surface area contributed by atoms with Crippen LogP contribution in [0.2, 0.25) is 0 Å². The molecule has 0 aliphatic rings. The number of amides is 1. The molecule has 100 valence electrons. The maximum atomic E-state index is 11.8. The maximum Gasteiger partial charge on any atom is 0.251 e. The van der Waals surface area contributed by atoms with Gasteiger partial charge in [-0.05, 0) is 30.2 Å². The van der Waals surface area contributed by atoms with Gasteiger partial charge in [-0.3, -0.25) is 4.79 Å². The summed E-state index contributed by atoms with van der Waals surface area (Å²) >= 11 is 0. The van der Waals surface area contributed by atoms with Gasteiger partial charge in [0, 0.05) is 18.5 Å². The summed E-state index contributed by atoms with van der Waals surface area (Å²) in [5.74, 6) is 2.41. The first-order chi connectivity index (χ1) is 9.70. The Morgan fingerprint density at radius 2 is 1.90 bits per heavy atom. The van der Waals surface area contributed by atoms with Crippen LogP contribution in [0.4, 0.5) is 0 Å². The van der Waals surface area contributed by atoms with Gasteiger partial charge in [-0.2, -0.15) is 0 Å². The SMILES string of the molecule is C#CCCNC(=O)c1ccc(-c2cccc(C)c2)cc1. The Morgan fingerprint density at radius 3 is 2.55 bits per heavy atom. The molecule has 2 aromatic carbocycles. The number of nitrogens with one attached hydrogen (secondary N) is 1. The Balaban J connectivity index is 2.10. The van der Waals surface area contributed by atoms with E-state index in [1.54, 1.807) is 0 Å². The summed E-state index contributed by atoms with van der Waals surface area (Å²) < 4.78 is 0. The van der Waals surface area contributed by atoms with Crippen molar-refractivity contribution in [3.05, 3.63) is 59.7 Å². The zero-order chi connectivity index (χ0) is 14.4. The Labute approximate surface area is 119 Å². The van der Waals surface area contributed by atoms with E-state index in [4.69, 9.17) is 6.42 Å². The summed E-state index contributed by atoms with van der Waals surface area (Å²) in [7, 11) is 0. The predicted octanol–water partition coefficient (Wildman–Crippen LogP) is 3.42. The molecule has 0 spiro atoms. The van der Waals surface area contributed by atoms with Gasteiger partial charge in [0.1, 0.15) is 0 Å². The van der Waals surface area contributed by atoms with Crippen molar-refractivity contribution in [3.8, 4) is 23.5 Å². The fourth-order valence-corrected chi connectivity index (χ4v) is 1.99. The van der Waals surface area contributed by atoms with Crippen LogP contribution in [0.3, 0.4) is 0 Å². The second-order valence-corrected chi connectivity index (χ2v) is 4.66. The average Bonchev–Trinajstić information content (AvgIpc) is 2.47. The van der Waals surface area contributed by atoms with Gasteiger partial charge in [0.2, 0.25) is 0 Å². The van der Waals surface area contributed by atoms with Crippen LogP contribution in [0.1, 0.15) is 22.3 Å². The van der Waals surface area contributed by atoms with E-state index in [2.05, 4.69) is 36.4 Å². The summed E-state index contributed by atoms with van der Waals surface area (Å²) in [6.45, 7) is 2.58. The third-order valence-electron chi connectivity index (χ3n) is 3.05. The highest BCUT2D eigenvalue weighted by Gasteiger charge is 2.05. The van der Waals surface area contributed by atoms with Gasteiger partial charge in [0.25, 0.3) is 5.91 Å². The van der Waals surface area contributed by atoms with Crippen LogP contribution < -0.4 is 5.32 Å². The molecule has 0 aliphatic heterocycles. The summed E-state index contributed by atoms with van der Waals surface area (Å²) in [6, 6.07) is 15.9. The molecule has 0 aliphatic carbocycles. The van der Waals surface area contributed by atoms with Crippen LogP contribution >= 0.6 is 0 Å². The summed E-state index contributed by atoms with van der Waals surface area (Å²) in [5, 5.41) is 2.79. The molecule has 0 bridgehead atoms. The van der Waals surface area contributed by atoms with Crippen molar-refractivity contribution < 1.29 is 4.79 Å². The molecule has 20 heavy (non-hydrogen) atoms. The molecular weight excluding hydrogens is 246 g/mol. The van der Waals surface area contributed by atoms with Gasteiger partial charge < -0.3 is 5.32 Å². The Morgan fingerprint density at radius 1 is 1.15 bits per heavy atom. The number of hydrogen-bond donors (Lipinski definition) is 1. The first kappa shape index (κ1) is 13.9. The smallest absolute Gasteiger partial charge is 0.251 e. The molecule has 0 aromatic heterocycles. The fourth-order valence-electron chi connectivity index (χ4n) is 1.99. The highest BCUT2D eigenvalue weighted by Crippen LogP contribution is 2.20. The lowest BCUT2D eigenvalue weighted by atomic mass is 10.0. The molecule has 0 saturated carbocycles. The van der Waals surface area contributed by atoms with Crippen LogP contribution in [0, 0.1) is 19.3 Å². The van der Waals surface area contributed by atoms with Crippen molar-refractivity contribution in [1.82, 2.24) is 5.32 Å². The minimum Gasteiger partial charge on any atom is -0.351 e. The Hall–Kier alpha value is -2.53. The second-order valence-electron chi connectivity index (χ2n) is 4.66. The van der Waals surface area contributed by atoms with Crippen molar-refractivity contribution in [2.45, 2.75) is 13.3 Å². The van der Waals surface area contributed by atoms with E-state index in [1.165, 1.54) is 5.56 Å². The molecule has 2 nitrogen and oxygen atoms in total. The van der Waals surface area contributed by atoms with E-state index >= 15 is 0 Å². The first-order valence-corrected chi connectivity index (χ1v) is 6.59. The van der Waals surface area contributed by atoms with Crippen molar-refractivity contribution in [2.75, 3.05) is 6.54 Å². The Kier molecular flexibility index (Phi) is 4.57. The van der Waals surface area contributed by atoms with Crippen molar-refractivity contribution in [2.24, 2.45) is 0 Å². The lowest BCUT2D eigenvalue weighted by Crippen LogP contribution is -2.24. The lowest BCUT2D eigenvalue weighted by molar-refractivity contribution is 0.0954. The van der Waals surface area contributed by atoms with E-state index in [0.717, 1.165) is 11.1 Å². The zero-order valence-electron chi connectivity index (χ0n) is 11.5. The normalized spacial score (nSPS) is 9.80. The topological polar surface area (TPSA) is 29.1 Å². The second kappa shape index (κ2) is 6.58. The summed E-state index contributed by atoms with van der Waals surface area (Å²) in [6.07, 6.45) is 5.70. The largest absolute Gasteiger partial charge is 0.351 e. The molecule has 2 rings (SSSR count). The molecule has 0 atom stereocenters. The van der Waals surface area contributed by atoms with Crippen LogP contribution in [-0.2, 0) is 0 Å². The molecule has 1 N–H and O–H groups in total. The third kappa shape index (κ3) is 3.49. The fraction of sp³-hybridized carbons (Fsp3) is 0.167. The number of carbonyl (C=O) groups is 1. The van der Waals surface area contributed by atoms with E-state index in [-0.39, 0.29) is 5.91 Å². The van der Waals surface area contributed by atoms with Crippen LogP contribution in [-0.4, -0.2) is 12.5 Å². The average molecular weight is 263 g/mol. The molecule has 0 radical (unpaired) electrons. The summed E-state index contributed by atoms with van der Waals surface area (Å²) in [4.78, 5) is 11.8. The number of carbonyl (C=O) groups excluding carboxylic acids is 1. The van der Waals surface area contributed by atoms with Crippen molar-refractivity contribution in [1.29, 1.82) is 0 Å². The van der Waals surface area contributed by atoms with Crippen molar-refractivity contribution in [3.63, 3.8) is 0 Å². The molecule has 2 heteroatoms. The molecule has 0 heterocycles. The highest BCUT2D eigenvalue weighted by atomic mass is 16.1. The molecular formula is C18H17NO. The van der Waals surface area contributed by atoms with Crippen LogP contribution in [0.15, 0.2) is 48.5 Å². The minimum atomic E-state index is -0.0870. The first-order valence-electron chi connectivity index (χ1n) is 6.59. The van der Waals surface area contributed by atoms with E-state index in [9.17, 15) is 4.79 Å². The van der Waals surface area contributed by atoms with E-state index in [1.807, 2.05) is 30.3 Å². The number of rotatable bonds is 4. The summed E-state index contributed by atoms with van der Waals surface area (Å²) in [5.41, 5.74) is 4.13. The highest BCUT2D eigenvalue weighted by molar-refractivity contribution is 5.94. The predicted molar refractivity (Wildman–Crippen MR) is 82.4 cm³/mol. The van der Waals surface area contributed by atoms with Gasteiger partial charge in [-0.25, -0.2) is 0 Å². The van der Waals surface area contributed by atoms with Gasteiger partial charge >= 0.3 is 0 Å². The third-order valence-corrected chi connectivity index (χ3v) is 3.05. The zero-order valence-corrected chi connectivity index (χ0v) is 11.5. The van der Waals surface area contributed by atoms with Gasteiger partial charge in [-0.1, -0.05) is 42.0 Å².